The molecule has 3 heterocycles. The third kappa shape index (κ3) is 1.97. The molecule has 0 aromatic carbocycles. The number of imide groups is 1. The highest BCUT2D eigenvalue weighted by Crippen LogP contribution is 2.18. The summed E-state index contributed by atoms with van der Waals surface area (Å²) in [7, 11) is 0. The van der Waals surface area contributed by atoms with E-state index in [1.54, 1.807) is 6.20 Å². The van der Waals surface area contributed by atoms with Gasteiger partial charge in [-0.05, 0) is 12.1 Å². The SMILES string of the molecule is O=C1c2nccnc2C(=O)N1CCc1ccccn1. The lowest BCUT2D eigenvalue weighted by atomic mass is 10.2. The summed E-state index contributed by atoms with van der Waals surface area (Å²) in [5.74, 6) is -0.770. The summed E-state index contributed by atoms with van der Waals surface area (Å²) < 4.78 is 0. The number of pyridine rings is 1. The van der Waals surface area contributed by atoms with Crippen molar-refractivity contribution in [3.8, 4) is 0 Å². The predicted molar refractivity (Wildman–Crippen MR) is 65.3 cm³/mol. The molecule has 0 saturated carbocycles. The van der Waals surface area contributed by atoms with Crippen LogP contribution >= 0.6 is 0 Å². The van der Waals surface area contributed by atoms with Gasteiger partial charge in [0.2, 0.25) is 0 Å². The lowest BCUT2D eigenvalue weighted by molar-refractivity contribution is 0.0652. The Bertz CT molecular complexity index is 607. The topological polar surface area (TPSA) is 76.1 Å². The smallest absolute Gasteiger partial charge is 0.271 e. The number of hydrogen-bond acceptors (Lipinski definition) is 5. The first-order valence-corrected chi connectivity index (χ1v) is 5.84. The summed E-state index contributed by atoms with van der Waals surface area (Å²) in [6.07, 6.45) is 5.02. The van der Waals surface area contributed by atoms with Gasteiger partial charge in [-0.25, -0.2) is 9.97 Å². The van der Waals surface area contributed by atoms with Crippen molar-refractivity contribution in [3.05, 3.63) is 53.9 Å². The van der Waals surface area contributed by atoms with Crippen LogP contribution in [0.4, 0.5) is 0 Å². The first kappa shape index (κ1) is 11.5. The zero-order valence-corrected chi connectivity index (χ0v) is 9.98. The Kier molecular flexibility index (Phi) is 2.75. The average molecular weight is 254 g/mol. The molecule has 0 aliphatic carbocycles. The number of nitrogens with zero attached hydrogens (tertiary/aromatic N) is 4. The van der Waals surface area contributed by atoms with Crippen LogP contribution in [0.1, 0.15) is 26.7 Å². The van der Waals surface area contributed by atoms with E-state index >= 15 is 0 Å². The summed E-state index contributed by atoms with van der Waals surface area (Å²) in [4.78, 5) is 37.2. The maximum absolute atomic E-state index is 12.0. The minimum Gasteiger partial charge on any atom is -0.271 e. The Morgan fingerprint density at radius 2 is 1.58 bits per heavy atom. The van der Waals surface area contributed by atoms with Crippen LogP contribution in [-0.4, -0.2) is 38.2 Å². The summed E-state index contributed by atoms with van der Waals surface area (Å²) in [6, 6.07) is 5.54. The Morgan fingerprint density at radius 3 is 2.16 bits per heavy atom. The normalized spacial score (nSPS) is 13.8. The van der Waals surface area contributed by atoms with Crippen LogP contribution in [0, 0.1) is 0 Å². The van der Waals surface area contributed by atoms with Gasteiger partial charge in [-0.15, -0.1) is 0 Å². The fraction of sp³-hybridized carbons (Fsp3) is 0.154. The third-order valence-electron chi connectivity index (χ3n) is 2.91. The molecule has 94 valence electrons. The maximum atomic E-state index is 12.0. The molecular formula is C13H10N4O2. The number of hydrogen-bond donors (Lipinski definition) is 0. The number of aromatic nitrogens is 3. The zero-order valence-electron chi connectivity index (χ0n) is 9.98. The molecule has 0 fully saturated rings. The van der Waals surface area contributed by atoms with Crippen molar-refractivity contribution >= 4 is 11.8 Å². The molecule has 2 aromatic rings. The van der Waals surface area contributed by atoms with Gasteiger partial charge in [0.05, 0.1) is 0 Å². The minimum atomic E-state index is -0.385. The fourth-order valence-electron chi connectivity index (χ4n) is 1.97. The lowest BCUT2D eigenvalue weighted by Gasteiger charge is -2.12. The van der Waals surface area contributed by atoms with Gasteiger partial charge in [-0.3, -0.25) is 19.5 Å². The fourth-order valence-corrected chi connectivity index (χ4v) is 1.97. The second-order valence-corrected chi connectivity index (χ2v) is 4.09. The molecule has 1 aliphatic heterocycles. The number of carbonyl (C=O) groups excluding carboxylic acids is 2. The second-order valence-electron chi connectivity index (χ2n) is 4.09. The van der Waals surface area contributed by atoms with Crippen molar-refractivity contribution in [3.63, 3.8) is 0 Å². The van der Waals surface area contributed by atoms with Crippen molar-refractivity contribution in [1.29, 1.82) is 0 Å². The van der Waals surface area contributed by atoms with E-state index in [1.165, 1.54) is 17.3 Å². The van der Waals surface area contributed by atoms with Crippen LogP contribution in [0.2, 0.25) is 0 Å². The molecule has 2 amide bonds. The van der Waals surface area contributed by atoms with E-state index in [0.29, 0.717) is 6.42 Å². The van der Waals surface area contributed by atoms with Crippen LogP contribution in [0.25, 0.3) is 0 Å². The van der Waals surface area contributed by atoms with Crippen molar-refractivity contribution in [2.45, 2.75) is 6.42 Å². The Hall–Kier alpha value is -2.63. The minimum absolute atomic E-state index is 0.133. The van der Waals surface area contributed by atoms with Crippen LogP contribution in [0.5, 0.6) is 0 Å². The molecule has 2 aromatic heterocycles. The highest BCUT2D eigenvalue weighted by atomic mass is 16.2. The first-order chi connectivity index (χ1) is 9.27. The van der Waals surface area contributed by atoms with E-state index in [1.807, 2.05) is 18.2 Å². The summed E-state index contributed by atoms with van der Waals surface area (Å²) in [5, 5.41) is 0. The van der Waals surface area contributed by atoms with E-state index in [0.717, 1.165) is 5.69 Å². The number of rotatable bonds is 3. The molecule has 0 spiro atoms. The Labute approximate surface area is 109 Å². The number of fused-ring (bicyclic) bond motifs is 1. The van der Waals surface area contributed by atoms with Gasteiger partial charge in [0.25, 0.3) is 11.8 Å². The van der Waals surface area contributed by atoms with Gasteiger partial charge >= 0.3 is 0 Å². The van der Waals surface area contributed by atoms with Crippen LogP contribution < -0.4 is 0 Å². The average Bonchev–Trinajstić information content (AvgIpc) is 2.71. The summed E-state index contributed by atoms with van der Waals surface area (Å²) in [5.41, 5.74) is 1.10. The Balaban J connectivity index is 1.78. The number of carbonyl (C=O) groups is 2. The van der Waals surface area contributed by atoms with E-state index in [2.05, 4.69) is 15.0 Å². The predicted octanol–water partition coefficient (Wildman–Crippen LogP) is 0.710. The van der Waals surface area contributed by atoms with Gasteiger partial charge < -0.3 is 0 Å². The highest BCUT2D eigenvalue weighted by Gasteiger charge is 2.37. The highest BCUT2D eigenvalue weighted by molar-refractivity contribution is 6.19. The van der Waals surface area contributed by atoms with Gasteiger partial charge in [0.1, 0.15) is 0 Å². The summed E-state index contributed by atoms with van der Waals surface area (Å²) >= 11 is 0. The van der Waals surface area contributed by atoms with Crippen molar-refractivity contribution in [1.82, 2.24) is 19.9 Å². The molecule has 19 heavy (non-hydrogen) atoms. The molecule has 0 atom stereocenters. The van der Waals surface area contributed by atoms with Crippen molar-refractivity contribution < 1.29 is 9.59 Å². The molecule has 0 saturated heterocycles. The second kappa shape index (κ2) is 4.56. The molecule has 0 bridgehead atoms. The van der Waals surface area contributed by atoms with Gasteiger partial charge in [-0.1, -0.05) is 6.07 Å². The molecule has 6 nitrogen and oxygen atoms in total. The monoisotopic (exact) mass is 254 g/mol. The molecule has 1 aliphatic rings. The Morgan fingerprint density at radius 1 is 0.895 bits per heavy atom. The van der Waals surface area contributed by atoms with Crippen LogP contribution in [-0.2, 0) is 6.42 Å². The molecule has 0 unspecified atom stereocenters. The molecular weight excluding hydrogens is 244 g/mol. The van der Waals surface area contributed by atoms with Crippen molar-refractivity contribution in [2.75, 3.05) is 6.54 Å². The first-order valence-electron chi connectivity index (χ1n) is 5.84. The molecule has 0 radical (unpaired) electrons. The van der Waals surface area contributed by atoms with Gasteiger partial charge in [0, 0.05) is 37.3 Å². The number of amides is 2. The van der Waals surface area contributed by atoms with E-state index in [4.69, 9.17) is 0 Å². The van der Waals surface area contributed by atoms with E-state index in [-0.39, 0.29) is 29.7 Å². The standard InChI is InChI=1S/C13H10N4O2/c18-12-10-11(16-7-6-15-10)13(19)17(12)8-4-9-3-1-2-5-14-9/h1-3,5-7H,4,8H2. The molecule has 6 heteroatoms. The summed E-state index contributed by atoms with van der Waals surface area (Å²) in [6.45, 7) is 0.284. The van der Waals surface area contributed by atoms with Crippen LogP contribution in [0.3, 0.4) is 0 Å². The van der Waals surface area contributed by atoms with Gasteiger partial charge in [0.15, 0.2) is 11.4 Å². The quantitative estimate of drug-likeness (QED) is 0.754. The van der Waals surface area contributed by atoms with E-state index < -0.39 is 0 Å². The van der Waals surface area contributed by atoms with Gasteiger partial charge in [-0.2, -0.15) is 0 Å². The maximum Gasteiger partial charge on any atom is 0.281 e. The van der Waals surface area contributed by atoms with Crippen molar-refractivity contribution in [2.24, 2.45) is 0 Å². The zero-order chi connectivity index (χ0) is 13.2. The largest absolute Gasteiger partial charge is 0.281 e. The lowest BCUT2D eigenvalue weighted by Crippen LogP contribution is -2.32. The third-order valence-corrected chi connectivity index (χ3v) is 2.91. The van der Waals surface area contributed by atoms with Crippen LogP contribution in [0.15, 0.2) is 36.8 Å². The molecule has 0 N–H and O–H groups in total. The van der Waals surface area contributed by atoms with E-state index in [9.17, 15) is 9.59 Å². The molecule has 3 rings (SSSR count).